The van der Waals surface area contributed by atoms with Crippen LogP contribution in [-0.2, 0) is 4.74 Å². The number of rotatable bonds is 7. The molecule has 0 saturated heterocycles. The molecule has 0 radical (unpaired) electrons. The van der Waals surface area contributed by atoms with E-state index in [2.05, 4.69) is 9.97 Å². The van der Waals surface area contributed by atoms with E-state index in [4.69, 9.17) is 14.6 Å². The van der Waals surface area contributed by atoms with E-state index in [1.54, 1.807) is 6.92 Å². The Bertz CT molecular complexity index is 435. The molecule has 1 heterocycles. The fraction of sp³-hybridized carbons (Fsp3) is 0.615. The number of hydrogen-bond donors (Lipinski definition) is 1. The van der Waals surface area contributed by atoms with E-state index in [-0.39, 0.29) is 23.5 Å². The molecule has 0 aromatic carbocycles. The fourth-order valence-electron chi connectivity index (χ4n) is 1.44. The van der Waals surface area contributed by atoms with E-state index >= 15 is 0 Å². The van der Waals surface area contributed by atoms with Crippen molar-refractivity contribution in [1.29, 1.82) is 0 Å². The average Bonchev–Trinajstić information content (AvgIpc) is 2.36. The molecule has 106 valence electrons. The average molecular weight is 268 g/mol. The molecule has 0 saturated carbocycles. The highest BCUT2D eigenvalue weighted by Gasteiger charge is 2.18. The minimum atomic E-state index is -1.12. The zero-order valence-electron chi connectivity index (χ0n) is 11.7. The molecule has 6 heteroatoms. The second-order valence-electron chi connectivity index (χ2n) is 4.49. The van der Waals surface area contributed by atoms with Gasteiger partial charge < -0.3 is 14.6 Å². The third-order valence-corrected chi connectivity index (χ3v) is 2.38. The highest BCUT2D eigenvalue weighted by Crippen LogP contribution is 2.19. The Hall–Kier alpha value is -1.69. The van der Waals surface area contributed by atoms with Gasteiger partial charge >= 0.3 is 5.97 Å². The number of ether oxygens (including phenoxy) is 2. The maximum atomic E-state index is 11.2. The van der Waals surface area contributed by atoms with E-state index < -0.39 is 5.97 Å². The summed E-state index contributed by atoms with van der Waals surface area (Å²) < 4.78 is 10.7. The number of nitrogens with zero attached hydrogens (tertiary/aromatic N) is 2. The largest absolute Gasteiger partial charge is 0.484 e. The molecule has 1 aromatic rings. The minimum absolute atomic E-state index is 0.0630. The molecule has 0 fully saturated rings. The van der Waals surface area contributed by atoms with Crippen LogP contribution < -0.4 is 4.74 Å². The highest BCUT2D eigenvalue weighted by atomic mass is 16.5. The van der Waals surface area contributed by atoms with Gasteiger partial charge in [0.15, 0.2) is 11.4 Å². The van der Waals surface area contributed by atoms with Crippen molar-refractivity contribution in [3.8, 4) is 5.75 Å². The Kier molecular flexibility index (Phi) is 5.69. The quantitative estimate of drug-likeness (QED) is 0.815. The van der Waals surface area contributed by atoms with Crippen LogP contribution in [0.1, 0.15) is 49.9 Å². The van der Waals surface area contributed by atoms with Gasteiger partial charge in [-0.3, -0.25) is 0 Å². The summed E-state index contributed by atoms with van der Waals surface area (Å²) in [4.78, 5) is 19.3. The Morgan fingerprint density at radius 2 is 2.11 bits per heavy atom. The smallest absolute Gasteiger partial charge is 0.358 e. The molecule has 0 aliphatic heterocycles. The number of hydrogen-bond acceptors (Lipinski definition) is 5. The van der Waals surface area contributed by atoms with E-state index in [1.807, 2.05) is 20.8 Å². The predicted octanol–water partition coefficient (Wildman–Crippen LogP) is 2.10. The minimum Gasteiger partial charge on any atom is -0.484 e. The topological polar surface area (TPSA) is 81.5 Å². The first-order valence-electron chi connectivity index (χ1n) is 6.30. The van der Waals surface area contributed by atoms with Crippen LogP contribution in [0.5, 0.6) is 5.75 Å². The lowest BCUT2D eigenvalue weighted by atomic mass is 10.2. The van der Waals surface area contributed by atoms with Gasteiger partial charge in [0.1, 0.15) is 11.9 Å². The van der Waals surface area contributed by atoms with Crippen molar-refractivity contribution in [3.63, 3.8) is 0 Å². The molecule has 1 unspecified atom stereocenters. The van der Waals surface area contributed by atoms with Crippen molar-refractivity contribution >= 4 is 5.97 Å². The van der Waals surface area contributed by atoms with Gasteiger partial charge in [0.25, 0.3) is 0 Å². The fourth-order valence-corrected chi connectivity index (χ4v) is 1.44. The summed E-state index contributed by atoms with van der Waals surface area (Å²) in [6.45, 7) is 8.47. The molecule has 1 rings (SSSR count). The summed E-state index contributed by atoms with van der Waals surface area (Å²) in [5.74, 6) is -0.401. The third kappa shape index (κ3) is 4.48. The van der Waals surface area contributed by atoms with Crippen LogP contribution in [0.2, 0.25) is 0 Å². The van der Waals surface area contributed by atoms with Gasteiger partial charge in [-0.05, 0) is 13.8 Å². The summed E-state index contributed by atoms with van der Waals surface area (Å²) in [5.41, 5.74) is -0.109. The van der Waals surface area contributed by atoms with Crippen LogP contribution in [0, 0.1) is 0 Å². The van der Waals surface area contributed by atoms with Gasteiger partial charge in [-0.2, -0.15) is 0 Å². The highest BCUT2D eigenvalue weighted by molar-refractivity contribution is 5.88. The maximum Gasteiger partial charge on any atom is 0.358 e. The number of carboxylic acids is 1. The molecule has 0 aliphatic carbocycles. The summed E-state index contributed by atoms with van der Waals surface area (Å²) in [5, 5.41) is 9.16. The van der Waals surface area contributed by atoms with Gasteiger partial charge in [-0.25, -0.2) is 14.8 Å². The van der Waals surface area contributed by atoms with Crippen molar-refractivity contribution in [2.24, 2.45) is 0 Å². The molecular formula is C13H20N2O4. The molecule has 1 N–H and O–H groups in total. The van der Waals surface area contributed by atoms with Crippen LogP contribution in [0.3, 0.4) is 0 Å². The predicted molar refractivity (Wildman–Crippen MR) is 69.7 cm³/mol. The van der Waals surface area contributed by atoms with Gasteiger partial charge in [-0.1, -0.05) is 13.8 Å². The number of aromatic carboxylic acids is 1. The second-order valence-corrected chi connectivity index (χ2v) is 4.49. The lowest BCUT2D eigenvalue weighted by Gasteiger charge is -2.16. The van der Waals surface area contributed by atoms with Crippen molar-refractivity contribution in [3.05, 3.63) is 17.7 Å². The Morgan fingerprint density at radius 1 is 1.42 bits per heavy atom. The van der Waals surface area contributed by atoms with E-state index in [9.17, 15) is 4.79 Å². The monoisotopic (exact) mass is 268 g/mol. The zero-order chi connectivity index (χ0) is 14.4. The van der Waals surface area contributed by atoms with Gasteiger partial charge in [0.05, 0.1) is 12.8 Å². The molecular weight excluding hydrogens is 248 g/mol. The number of carboxylic acid groups (broad SMARTS) is 1. The second kappa shape index (κ2) is 7.04. The maximum absolute atomic E-state index is 11.2. The number of aromatic nitrogens is 2. The zero-order valence-corrected chi connectivity index (χ0v) is 11.7. The van der Waals surface area contributed by atoms with Crippen LogP contribution in [-0.4, -0.2) is 40.4 Å². The first kappa shape index (κ1) is 15.4. The van der Waals surface area contributed by atoms with E-state index in [0.717, 1.165) is 0 Å². The Morgan fingerprint density at radius 3 is 2.63 bits per heavy atom. The van der Waals surface area contributed by atoms with E-state index in [0.29, 0.717) is 19.0 Å². The van der Waals surface area contributed by atoms with Crippen LogP contribution in [0.4, 0.5) is 0 Å². The third-order valence-electron chi connectivity index (χ3n) is 2.38. The molecule has 6 nitrogen and oxygen atoms in total. The van der Waals surface area contributed by atoms with Crippen molar-refractivity contribution in [2.75, 3.05) is 13.2 Å². The van der Waals surface area contributed by atoms with Gasteiger partial charge in [0.2, 0.25) is 0 Å². The molecule has 0 spiro atoms. The summed E-state index contributed by atoms with van der Waals surface area (Å²) >= 11 is 0. The molecule has 0 aliphatic rings. The van der Waals surface area contributed by atoms with Crippen LogP contribution in [0.15, 0.2) is 6.20 Å². The van der Waals surface area contributed by atoms with Crippen molar-refractivity contribution in [1.82, 2.24) is 9.97 Å². The first-order valence-corrected chi connectivity index (χ1v) is 6.30. The molecule has 1 aromatic heterocycles. The molecule has 0 amide bonds. The molecule has 1 atom stereocenters. The van der Waals surface area contributed by atoms with Crippen molar-refractivity contribution < 1.29 is 19.4 Å². The van der Waals surface area contributed by atoms with E-state index in [1.165, 1.54) is 6.20 Å². The summed E-state index contributed by atoms with van der Waals surface area (Å²) in [6.07, 6.45) is 1.15. The van der Waals surface area contributed by atoms with Crippen LogP contribution in [0.25, 0.3) is 0 Å². The standard InChI is InChI=1S/C13H20N2O4/c1-5-18-7-9(4)19-10-6-14-12(8(2)3)15-11(10)13(16)17/h6,8-9H,5,7H2,1-4H3,(H,16,17). The first-order chi connectivity index (χ1) is 8.95. The summed E-state index contributed by atoms with van der Waals surface area (Å²) in [7, 11) is 0. The van der Waals surface area contributed by atoms with Gasteiger partial charge in [0, 0.05) is 12.5 Å². The Balaban J connectivity index is 2.91. The molecule has 0 bridgehead atoms. The lowest BCUT2D eigenvalue weighted by molar-refractivity contribution is 0.0597. The number of carbonyl (C=O) groups is 1. The van der Waals surface area contributed by atoms with Crippen LogP contribution >= 0.6 is 0 Å². The normalized spacial score (nSPS) is 12.5. The lowest BCUT2D eigenvalue weighted by Crippen LogP contribution is -2.21. The molecule has 19 heavy (non-hydrogen) atoms. The van der Waals surface area contributed by atoms with Gasteiger partial charge in [-0.15, -0.1) is 0 Å². The SMILES string of the molecule is CCOCC(C)Oc1cnc(C(C)C)nc1C(=O)O. The summed E-state index contributed by atoms with van der Waals surface area (Å²) in [6, 6.07) is 0. The Labute approximate surface area is 112 Å². The van der Waals surface area contributed by atoms with Crippen molar-refractivity contribution in [2.45, 2.75) is 39.7 Å².